The third-order valence-corrected chi connectivity index (χ3v) is 3.57. The maximum atomic E-state index is 13.8. The molecule has 0 aliphatic carbocycles. The minimum Gasteiger partial charge on any atom is -0.364 e. The molecule has 1 aromatic carbocycles. The first-order valence-electron chi connectivity index (χ1n) is 6.34. The molecule has 0 radical (unpaired) electrons. The van der Waals surface area contributed by atoms with E-state index in [9.17, 15) is 4.39 Å². The van der Waals surface area contributed by atoms with Crippen LogP contribution in [0.25, 0.3) is 0 Å². The Balaban J connectivity index is 2.21. The van der Waals surface area contributed by atoms with Gasteiger partial charge in [-0.25, -0.2) is 4.39 Å². The third-order valence-electron chi connectivity index (χ3n) is 3.57. The van der Waals surface area contributed by atoms with Gasteiger partial charge in [0.25, 0.3) is 0 Å². The molecule has 0 aromatic heterocycles. The normalized spacial score (nSPS) is 25.4. The van der Waals surface area contributed by atoms with Gasteiger partial charge in [0, 0.05) is 25.2 Å². The van der Waals surface area contributed by atoms with E-state index >= 15 is 0 Å². The Hall–Kier alpha value is -1.09. The van der Waals surface area contributed by atoms with Crippen molar-refractivity contribution >= 4 is 5.69 Å². The second-order valence-electron chi connectivity index (χ2n) is 5.21. The van der Waals surface area contributed by atoms with Crippen LogP contribution < -0.4 is 10.2 Å². The van der Waals surface area contributed by atoms with E-state index in [4.69, 9.17) is 0 Å². The van der Waals surface area contributed by atoms with Gasteiger partial charge in [-0.3, -0.25) is 0 Å². The number of hydrogen-bond acceptors (Lipinski definition) is 2. The minimum atomic E-state index is -0.122. The minimum absolute atomic E-state index is 0.122. The van der Waals surface area contributed by atoms with Crippen molar-refractivity contribution in [2.24, 2.45) is 5.92 Å². The lowest BCUT2D eigenvalue weighted by molar-refractivity contribution is 0.335. The zero-order chi connectivity index (χ0) is 12.4. The number of nitrogens with one attached hydrogen (secondary N) is 1. The zero-order valence-electron chi connectivity index (χ0n) is 10.8. The molecule has 1 aromatic rings. The van der Waals surface area contributed by atoms with Gasteiger partial charge in [-0.05, 0) is 25.0 Å². The highest BCUT2D eigenvalue weighted by molar-refractivity contribution is 5.49. The first-order valence-corrected chi connectivity index (χ1v) is 6.34. The van der Waals surface area contributed by atoms with E-state index in [1.807, 2.05) is 12.1 Å². The van der Waals surface area contributed by atoms with Gasteiger partial charge >= 0.3 is 0 Å². The third kappa shape index (κ3) is 2.60. The molecule has 2 unspecified atom stereocenters. The Morgan fingerprint density at radius 1 is 1.35 bits per heavy atom. The summed E-state index contributed by atoms with van der Waals surface area (Å²) in [4.78, 5) is 2.18. The zero-order valence-corrected chi connectivity index (χ0v) is 10.8. The van der Waals surface area contributed by atoms with E-state index in [0.29, 0.717) is 18.0 Å². The topological polar surface area (TPSA) is 15.3 Å². The molecule has 2 rings (SSSR count). The number of anilines is 1. The molecule has 0 bridgehead atoms. The molecule has 94 valence electrons. The van der Waals surface area contributed by atoms with E-state index in [-0.39, 0.29) is 5.82 Å². The lowest BCUT2D eigenvalue weighted by Gasteiger charge is -2.42. The fourth-order valence-corrected chi connectivity index (χ4v) is 2.36. The van der Waals surface area contributed by atoms with Gasteiger partial charge in [0.15, 0.2) is 0 Å². The van der Waals surface area contributed by atoms with Gasteiger partial charge in [-0.2, -0.15) is 0 Å². The molecule has 1 aliphatic rings. The van der Waals surface area contributed by atoms with Crippen molar-refractivity contribution < 1.29 is 4.39 Å². The van der Waals surface area contributed by atoms with Crippen LogP contribution in [-0.2, 0) is 0 Å². The lowest BCUT2D eigenvalue weighted by Crippen LogP contribution is -2.57. The van der Waals surface area contributed by atoms with Gasteiger partial charge in [0.1, 0.15) is 5.82 Å². The summed E-state index contributed by atoms with van der Waals surface area (Å²) in [5.41, 5.74) is 0.729. The molecule has 0 saturated carbocycles. The SMILES string of the molecule is CC(C)C1CN(c2ccccc2F)C(C)CN1. The quantitative estimate of drug-likeness (QED) is 0.849. The Morgan fingerprint density at radius 2 is 2.06 bits per heavy atom. The van der Waals surface area contributed by atoms with Crippen LogP contribution in [0.1, 0.15) is 20.8 Å². The van der Waals surface area contributed by atoms with E-state index in [0.717, 1.165) is 18.8 Å². The summed E-state index contributed by atoms with van der Waals surface area (Å²) in [7, 11) is 0. The van der Waals surface area contributed by atoms with Gasteiger partial charge in [-0.15, -0.1) is 0 Å². The summed E-state index contributed by atoms with van der Waals surface area (Å²) in [5, 5.41) is 3.52. The van der Waals surface area contributed by atoms with Crippen LogP contribution in [0, 0.1) is 11.7 Å². The van der Waals surface area contributed by atoms with Crippen molar-refractivity contribution in [2.75, 3.05) is 18.0 Å². The van der Waals surface area contributed by atoms with Crippen LogP contribution in [0.2, 0.25) is 0 Å². The lowest BCUT2D eigenvalue weighted by atomic mass is 9.99. The van der Waals surface area contributed by atoms with E-state index in [1.54, 1.807) is 6.07 Å². The Bertz CT molecular complexity index is 378. The average Bonchev–Trinajstić information content (AvgIpc) is 2.30. The highest BCUT2D eigenvalue weighted by Gasteiger charge is 2.27. The molecule has 1 saturated heterocycles. The standard InChI is InChI=1S/C14H21FN2/c1-10(2)13-9-17(11(3)8-16-13)14-7-5-4-6-12(14)15/h4-7,10-11,13,16H,8-9H2,1-3H3. The van der Waals surface area contributed by atoms with Crippen molar-refractivity contribution in [3.05, 3.63) is 30.1 Å². The van der Waals surface area contributed by atoms with Gasteiger partial charge < -0.3 is 10.2 Å². The molecule has 0 amide bonds. The van der Waals surface area contributed by atoms with E-state index in [2.05, 4.69) is 31.0 Å². The first kappa shape index (κ1) is 12.4. The Morgan fingerprint density at radius 3 is 2.71 bits per heavy atom. The van der Waals surface area contributed by atoms with E-state index in [1.165, 1.54) is 6.07 Å². The van der Waals surface area contributed by atoms with Gasteiger partial charge in [0.05, 0.1) is 5.69 Å². The fraction of sp³-hybridized carbons (Fsp3) is 0.571. The number of piperazine rings is 1. The summed E-state index contributed by atoms with van der Waals surface area (Å²) < 4.78 is 13.8. The monoisotopic (exact) mass is 236 g/mol. The number of hydrogen-bond donors (Lipinski definition) is 1. The number of para-hydroxylation sites is 1. The van der Waals surface area contributed by atoms with Crippen molar-refractivity contribution in [1.82, 2.24) is 5.32 Å². The van der Waals surface area contributed by atoms with Crippen molar-refractivity contribution in [1.29, 1.82) is 0 Å². The van der Waals surface area contributed by atoms with Crippen molar-refractivity contribution in [3.8, 4) is 0 Å². The van der Waals surface area contributed by atoms with Crippen LogP contribution in [-0.4, -0.2) is 25.2 Å². The summed E-state index contributed by atoms with van der Waals surface area (Å²) in [6.45, 7) is 8.33. The van der Waals surface area contributed by atoms with Gasteiger partial charge in [0.2, 0.25) is 0 Å². The summed E-state index contributed by atoms with van der Waals surface area (Å²) in [5.74, 6) is 0.445. The first-order chi connectivity index (χ1) is 8.09. The van der Waals surface area contributed by atoms with Crippen LogP contribution in [0.5, 0.6) is 0 Å². The predicted octanol–water partition coefficient (Wildman–Crippen LogP) is 2.65. The molecule has 1 aliphatic heterocycles. The van der Waals surface area contributed by atoms with E-state index < -0.39 is 0 Å². The predicted molar refractivity (Wildman–Crippen MR) is 69.8 cm³/mol. The average molecular weight is 236 g/mol. The smallest absolute Gasteiger partial charge is 0.146 e. The Labute approximate surface area is 103 Å². The highest BCUT2D eigenvalue weighted by atomic mass is 19.1. The molecule has 1 heterocycles. The molecule has 2 atom stereocenters. The van der Waals surface area contributed by atoms with Crippen molar-refractivity contribution in [2.45, 2.75) is 32.9 Å². The molecular weight excluding hydrogens is 215 g/mol. The van der Waals surface area contributed by atoms with Crippen LogP contribution in [0.3, 0.4) is 0 Å². The maximum absolute atomic E-state index is 13.8. The summed E-state index contributed by atoms with van der Waals surface area (Å²) in [6, 6.07) is 7.82. The molecule has 3 heteroatoms. The largest absolute Gasteiger partial charge is 0.364 e. The molecule has 2 nitrogen and oxygen atoms in total. The summed E-state index contributed by atoms with van der Waals surface area (Å²) in [6.07, 6.45) is 0. The van der Waals surface area contributed by atoms with Crippen LogP contribution in [0.4, 0.5) is 10.1 Å². The molecule has 1 N–H and O–H groups in total. The number of benzene rings is 1. The Kier molecular flexibility index (Phi) is 3.67. The number of halogens is 1. The summed E-state index contributed by atoms with van der Waals surface area (Å²) >= 11 is 0. The molecule has 17 heavy (non-hydrogen) atoms. The van der Waals surface area contributed by atoms with Crippen LogP contribution in [0.15, 0.2) is 24.3 Å². The second-order valence-corrected chi connectivity index (χ2v) is 5.21. The fourth-order valence-electron chi connectivity index (χ4n) is 2.36. The molecule has 0 spiro atoms. The van der Waals surface area contributed by atoms with Crippen LogP contribution >= 0.6 is 0 Å². The second kappa shape index (κ2) is 5.05. The van der Waals surface area contributed by atoms with Crippen molar-refractivity contribution in [3.63, 3.8) is 0 Å². The molecular formula is C14H21FN2. The number of nitrogens with zero attached hydrogens (tertiary/aromatic N) is 1. The maximum Gasteiger partial charge on any atom is 0.146 e. The molecule has 1 fully saturated rings. The number of rotatable bonds is 2. The highest BCUT2D eigenvalue weighted by Crippen LogP contribution is 2.24. The van der Waals surface area contributed by atoms with Gasteiger partial charge in [-0.1, -0.05) is 26.0 Å².